The molecule has 2 aliphatic heterocycles. The average molecular weight is 506 g/mol. The molecule has 4 atom stereocenters. The molecular weight excluding hydrogens is 484 g/mol. The fourth-order valence-electron chi connectivity index (χ4n) is 6.10. The number of nitrogens with zero attached hydrogens (tertiary/aromatic N) is 2. The first kappa shape index (κ1) is 22.5. The van der Waals surface area contributed by atoms with E-state index in [1.165, 1.54) is 19.4 Å². The topological polar surface area (TPSA) is 89.9 Å². The minimum atomic E-state index is -0.987. The Morgan fingerprint density at radius 3 is 2.89 bits per heavy atom. The van der Waals surface area contributed by atoms with Crippen molar-refractivity contribution < 1.29 is 27.8 Å². The number of pyridine rings is 1. The number of halogens is 3. The molecule has 6 rings (SSSR count). The number of amides is 2. The van der Waals surface area contributed by atoms with Crippen LogP contribution in [0.25, 0.3) is 0 Å². The van der Waals surface area contributed by atoms with Crippen molar-refractivity contribution in [3.63, 3.8) is 0 Å². The summed E-state index contributed by atoms with van der Waals surface area (Å²) in [6.45, 7) is 0.751. The first-order valence-corrected chi connectivity index (χ1v) is 11.9. The van der Waals surface area contributed by atoms with Crippen molar-refractivity contribution in [2.24, 2.45) is 11.8 Å². The average Bonchev–Trinajstić information content (AvgIpc) is 3.57. The number of carbonyl (C=O) groups excluding carboxylic acids is 2. The van der Waals surface area contributed by atoms with Crippen LogP contribution in [0.15, 0.2) is 23.1 Å². The van der Waals surface area contributed by atoms with Gasteiger partial charge < -0.3 is 24.3 Å². The Balaban J connectivity index is 1.40. The zero-order valence-electron chi connectivity index (χ0n) is 18.8. The number of nitrogens with one attached hydrogen (secondary N) is 1. The number of ether oxygens (including phenoxy) is 2. The first-order valence-electron chi connectivity index (χ1n) is 11.5. The van der Waals surface area contributed by atoms with Gasteiger partial charge in [-0.15, -0.1) is 0 Å². The molecule has 2 aliphatic carbocycles. The van der Waals surface area contributed by atoms with Crippen LogP contribution in [0.4, 0.5) is 8.78 Å². The van der Waals surface area contributed by atoms with Crippen LogP contribution in [0.1, 0.15) is 51.7 Å². The molecule has 2 amide bonds. The first-order chi connectivity index (χ1) is 16.8. The van der Waals surface area contributed by atoms with Crippen LogP contribution in [-0.2, 0) is 11.3 Å². The van der Waals surface area contributed by atoms with E-state index < -0.39 is 33.7 Å². The molecule has 3 fully saturated rings. The van der Waals surface area contributed by atoms with Crippen LogP contribution in [0.3, 0.4) is 0 Å². The number of hydrogen-bond acceptors (Lipinski definition) is 5. The minimum absolute atomic E-state index is 0.0361. The summed E-state index contributed by atoms with van der Waals surface area (Å²) in [6.07, 6.45) is 3.82. The molecule has 1 saturated heterocycles. The molecule has 8 nitrogen and oxygen atoms in total. The molecule has 1 N–H and O–H groups in total. The molecule has 4 aliphatic rings. The third kappa shape index (κ3) is 3.02. The van der Waals surface area contributed by atoms with Crippen molar-refractivity contribution in [2.45, 2.75) is 37.6 Å². The molecule has 2 aromatic rings. The van der Waals surface area contributed by atoms with Gasteiger partial charge in [0.15, 0.2) is 17.2 Å². The van der Waals surface area contributed by atoms with Crippen LogP contribution in [0, 0.1) is 23.5 Å². The standard InChI is InChI=1S/C24H22ClF2N3O5/c1-34-21-19-23(33)30-5-2-6-35-24(30)14-7-12(14)8-16(24)29(19)10-13(20(21)31)22(32)28-9-11-3-4-15(26)17(25)18(11)27/h3-4,10,12,14,16H,2,5-9H2,1H3,(H,28,32)/t12-,14-,16+,24-/m0/s1. The van der Waals surface area contributed by atoms with Crippen LogP contribution in [0.5, 0.6) is 5.75 Å². The van der Waals surface area contributed by atoms with Gasteiger partial charge in [-0.3, -0.25) is 14.4 Å². The van der Waals surface area contributed by atoms with Crippen molar-refractivity contribution >= 4 is 23.4 Å². The highest BCUT2D eigenvalue weighted by Crippen LogP contribution is 2.66. The molecule has 11 heteroatoms. The molecule has 35 heavy (non-hydrogen) atoms. The minimum Gasteiger partial charge on any atom is -0.491 e. The fourth-order valence-corrected chi connectivity index (χ4v) is 6.28. The third-order valence-electron chi connectivity index (χ3n) is 7.72. The highest BCUT2D eigenvalue weighted by molar-refractivity contribution is 6.30. The Labute approximate surface area is 203 Å². The van der Waals surface area contributed by atoms with Gasteiger partial charge in [0, 0.05) is 30.8 Å². The Morgan fingerprint density at radius 2 is 2.11 bits per heavy atom. The number of aromatic nitrogens is 1. The summed E-state index contributed by atoms with van der Waals surface area (Å²) in [4.78, 5) is 41.6. The number of benzene rings is 1. The molecular formula is C24H22ClF2N3O5. The zero-order valence-corrected chi connectivity index (χ0v) is 19.5. The van der Waals surface area contributed by atoms with Crippen molar-refractivity contribution in [3.05, 3.63) is 62.0 Å². The maximum absolute atomic E-state index is 14.3. The highest BCUT2D eigenvalue weighted by Gasteiger charge is 2.71. The van der Waals surface area contributed by atoms with Gasteiger partial charge in [0.05, 0.1) is 19.8 Å². The molecule has 3 heterocycles. The van der Waals surface area contributed by atoms with Gasteiger partial charge in [-0.1, -0.05) is 17.7 Å². The quantitative estimate of drug-likeness (QED) is 0.645. The monoisotopic (exact) mass is 505 g/mol. The fraction of sp³-hybridized carbons (Fsp3) is 0.458. The summed E-state index contributed by atoms with van der Waals surface area (Å²) < 4.78 is 41.0. The maximum atomic E-state index is 14.3. The summed E-state index contributed by atoms with van der Waals surface area (Å²) in [5, 5.41) is 1.82. The molecule has 0 unspecified atom stereocenters. The van der Waals surface area contributed by atoms with Gasteiger partial charge in [0.25, 0.3) is 11.8 Å². The van der Waals surface area contributed by atoms with E-state index in [1.807, 2.05) is 0 Å². The zero-order chi connectivity index (χ0) is 24.6. The van der Waals surface area contributed by atoms with E-state index in [0.717, 1.165) is 18.9 Å². The number of methoxy groups -OCH3 is 1. The van der Waals surface area contributed by atoms with Crippen molar-refractivity contribution in [1.82, 2.24) is 14.8 Å². The lowest BCUT2D eigenvalue weighted by molar-refractivity contribution is -0.202. The van der Waals surface area contributed by atoms with Gasteiger partial charge in [-0.25, -0.2) is 8.78 Å². The third-order valence-corrected chi connectivity index (χ3v) is 8.06. The van der Waals surface area contributed by atoms with E-state index in [1.54, 1.807) is 9.47 Å². The van der Waals surface area contributed by atoms with Gasteiger partial charge in [-0.05, 0) is 31.2 Å². The molecule has 184 valence electrons. The lowest BCUT2D eigenvalue weighted by Gasteiger charge is -2.53. The molecule has 0 bridgehead atoms. The lowest BCUT2D eigenvalue weighted by atomic mass is 9.92. The largest absolute Gasteiger partial charge is 0.491 e. The summed E-state index contributed by atoms with van der Waals surface area (Å²) >= 11 is 5.61. The second-order valence-corrected chi connectivity index (χ2v) is 9.82. The Hall–Kier alpha value is -2.98. The summed E-state index contributed by atoms with van der Waals surface area (Å²) in [7, 11) is 1.28. The van der Waals surface area contributed by atoms with E-state index in [0.29, 0.717) is 25.5 Å². The van der Waals surface area contributed by atoms with Gasteiger partial charge in [0.1, 0.15) is 22.2 Å². The predicted octanol–water partition coefficient (Wildman–Crippen LogP) is 2.87. The van der Waals surface area contributed by atoms with E-state index >= 15 is 0 Å². The second kappa shape index (κ2) is 7.76. The Bertz CT molecular complexity index is 1350. The van der Waals surface area contributed by atoms with Crippen molar-refractivity contribution in [2.75, 3.05) is 20.3 Å². The molecule has 1 aromatic heterocycles. The van der Waals surface area contributed by atoms with E-state index in [9.17, 15) is 23.2 Å². The second-order valence-electron chi connectivity index (χ2n) is 9.44. The normalized spacial score (nSPS) is 28.1. The summed E-state index contributed by atoms with van der Waals surface area (Å²) in [5.74, 6) is -2.61. The number of fused-ring (bicyclic) bond motifs is 3. The lowest BCUT2D eigenvalue weighted by Crippen LogP contribution is -2.65. The number of rotatable bonds is 4. The Kier molecular flexibility index (Phi) is 4.98. The van der Waals surface area contributed by atoms with Crippen molar-refractivity contribution in [3.8, 4) is 5.75 Å². The maximum Gasteiger partial charge on any atom is 0.276 e. The predicted molar refractivity (Wildman–Crippen MR) is 119 cm³/mol. The summed E-state index contributed by atoms with van der Waals surface area (Å²) in [5.41, 5.74) is -1.69. The summed E-state index contributed by atoms with van der Waals surface area (Å²) in [6, 6.07) is 1.91. The highest BCUT2D eigenvalue weighted by atomic mass is 35.5. The van der Waals surface area contributed by atoms with Crippen LogP contribution >= 0.6 is 11.6 Å². The molecule has 1 spiro atoms. The smallest absolute Gasteiger partial charge is 0.276 e. The molecule has 2 saturated carbocycles. The SMILES string of the molecule is COc1c2n(cc(C(=O)NCc3ccc(F)c(Cl)c3F)c1=O)[C@@H]1C[C@@H]3C[C@@H]3[C@]13OCCCN3C2=O. The van der Waals surface area contributed by atoms with Crippen LogP contribution in [0.2, 0.25) is 5.02 Å². The number of carbonyl (C=O) groups is 2. The van der Waals surface area contributed by atoms with Gasteiger partial charge in [0.2, 0.25) is 5.43 Å². The molecule has 0 radical (unpaired) electrons. The van der Waals surface area contributed by atoms with Gasteiger partial charge in [-0.2, -0.15) is 0 Å². The van der Waals surface area contributed by atoms with Crippen molar-refractivity contribution in [1.29, 1.82) is 0 Å². The van der Waals surface area contributed by atoms with E-state index in [2.05, 4.69) is 5.32 Å². The van der Waals surface area contributed by atoms with E-state index in [-0.39, 0.29) is 47.0 Å². The van der Waals surface area contributed by atoms with Crippen LogP contribution in [-0.4, -0.2) is 47.3 Å². The van der Waals surface area contributed by atoms with E-state index in [4.69, 9.17) is 21.1 Å². The van der Waals surface area contributed by atoms with Crippen LogP contribution < -0.4 is 15.5 Å². The molecule has 1 aromatic carbocycles. The Morgan fingerprint density at radius 1 is 1.31 bits per heavy atom. The van der Waals surface area contributed by atoms with Gasteiger partial charge >= 0.3 is 0 Å². The number of hydrogen-bond donors (Lipinski definition) is 1.